The Morgan fingerprint density at radius 3 is 3.00 bits per heavy atom. The Balaban J connectivity index is 1.56. The standard InChI is InChI=1S/C18H19N3OS/c1-21-11-13(17(20-21)16-7-4-8-23-16)10-19-18-14-6-3-2-5-12(14)9-15(18)22/h2-8,11,15,18-19,22H,9-10H2,1H3/t15-,18+/m0/s1. The van der Waals surface area contributed by atoms with E-state index in [0.29, 0.717) is 6.54 Å². The molecule has 0 bridgehead atoms. The molecule has 23 heavy (non-hydrogen) atoms. The number of hydrogen-bond acceptors (Lipinski definition) is 4. The highest BCUT2D eigenvalue weighted by molar-refractivity contribution is 7.13. The summed E-state index contributed by atoms with van der Waals surface area (Å²) in [6.07, 6.45) is 2.41. The fourth-order valence-corrected chi connectivity index (χ4v) is 4.07. The molecule has 2 heterocycles. The summed E-state index contributed by atoms with van der Waals surface area (Å²) in [5, 5.41) is 20.5. The molecular weight excluding hydrogens is 306 g/mol. The number of nitrogens with one attached hydrogen (secondary N) is 1. The zero-order valence-electron chi connectivity index (χ0n) is 12.9. The zero-order chi connectivity index (χ0) is 15.8. The van der Waals surface area contributed by atoms with Crippen LogP contribution < -0.4 is 5.32 Å². The van der Waals surface area contributed by atoms with E-state index in [1.165, 1.54) is 16.0 Å². The molecule has 1 aromatic carbocycles. The molecular formula is C18H19N3OS. The van der Waals surface area contributed by atoms with E-state index in [1.54, 1.807) is 11.3 Å². The second kappa shape index (κ2) is 5.92. The molecule has 0 radical (unpaired) electrons. The number of aromatic nitrogens is 2. The smallest absolute Gasteiger partial charge is 0.107 e. The Morgan fingerprint density at radius 2 is 2.17 bits per heavy atom. The van der Waals surface area contributed by atoms with Gasteiger partial charge in [-0.15, -0.1) is 11.3 Å². The van der Waals surface area contributed by atoms with Crippen molar-refractivity contribution in [3.63, 3.8) is 0 Å². The topological polar surface area (TPSA) is 50.1 Å². The minimum absolute atomic E-state index is 0.0115. The highest BCUT2D eigenvalue weighted by Gasteiger charge is 2.30. The summed E-state index contributed by atoms with van der Waals surface area (Å²) < 4.78 is 1.85. The molecule has 4 nitrogen and oxygen atoms in total. The van der Waals surface area contributed by atoms with E-state index >= 15 is 0 Å². The van der Waals surface area contributed by atoms with Gasteiger partial charge in [0.2, 0.25) is 0 Å². The van der Waals surface area contributed by atoms with Crippen molar-refractivity contribution < 1.29 is 5.11 Å². The van der Waals surface area contributed by atoms with Crippen LogP contribution in [0.5, 0.6) is 0 Å². The van der Waals surface area contributed by atoms with E-state index in [9.17, 15) is 5.11 Å². The molecule has 0 saturated heterocycles. The number of aliphatic hydroxyl groups excluding tert-OH is 1. The summed E-state index contributed by atoms with van der Waals surface area (Å²) in [5.41, 5.74) is 4.63. The van der Waals surface area contributed by atoms with E-state index in [-0.39, 0.29) is 12.1 Å². The molecule has 2 N–H and O–H groups in total. The monoisotopic (exact) mass is 325 g/mol. The van der Waals surface area contributed by atoms with Crippen molar-refractivity contribution >= 4 is 11.3 Å². The molecule has 2 aromatic heterocycles. The van der Waals surface area contributed by atoms with Crippen molar-refractivity contribution in [2.45, 2.75) is 25.1 Å². The molecule has 118 valence electrons. The maximum absolute atomic E-state index is 10.4. The molecule has 1 aliphatic carbocycles. The number of aliphatic hydroxyl groups is 1. The first-order valence-electron chi connectivity index (χ1n) is 7.78. The molecule has 1 aliphatic rings. The number of thiophene rings is 1. The molecule has 5 heteroatoms. The largest absolute Gasteiger partial charge is 0.391 e. The van der Waals surface area contributed by atoms with Crippen molar-refractivity contribution in [2.24, 2.45) is 7.05 Å². The van der Waals surface area contributed by atoms with Gasteiger partial charge in [-0.05, 0) is 22.6 Å². The lowest BCUT2D eigenvalue weighted by Gasteiger charge is -2.17. The van der Waals surface area contributed by atoms with Gasteiger partial charge in [-0.2, -0.15) is 5.10 Å². The van der Waals surface area contributed by atoms with Crippen LogP contribution in [0, 0.1) is 0 Å². The molecule has 0 spiro atoms. The third kappa shape index (κ3) is 2.72. The van der Waals surface area contributed by atoms with E-state index in [2.05, 4.69) is 40.2 Å². The summed E-state index contributed by atoms with van der Waals surface area (Å²) in [6, 6.07) is 12.4. The molecule has 0 amide bonds. The first kappa shape index (κ1) is 14.6. The van der Waals surface area contributed by atoms with E-state index in [1.807, 2.05) is 29.9 Å². The van der Waals surface area contributed by atoms with Crippen LogP contribution >= 0.6 is 11.3 Å². The van der Waals surface area contributed by atoms with Gasteiger partial charge in [-0.3, -0.25) is 4.68 Å². The summed E-state index contributed by atoms with van der Waals surface area (Å²) in [7, 11) is 1.94. The summed E-state index contributed by atoms with van der Waals surface area (Å²) >= 11 is 1.70. The maximum atomic E-state index is 10.4. The number of aryl methyl sites for hydroxylation is 1. The minimum atomic E-state index is -0.366. The maximum Gasteiger partial charge on any atom is 0.107 e. The normalized spacial score (nSPS) is 19.9. The second-order valence-electron chi connectivity index (χ2n) is 5.98. The van der Waals surface area contributed by atoms with Crippen molar-refractivity contribution in [3.8, 4) is 10.6 Å². The van der Waals surface area contributed by atoms with Crippen molar-refractivity contribution in [1.29, 1.82) is 0 Å². The quantitative estimate of drug-likeness (QED) is 0.775. The van der Waals surface area contributed by atoms with Crippen LogP contribution in [0.4, 0.5) is 0 Å². The molecule has 0 aliphatic heterocycles. The third-order valence-corrected chi connectivity index (χ3v) is 5.25. The summed E-state index contributed by atoms with van der Waals surface area (Å²) in [4.78, 5) is 1.18. The average Bonchev–Trinajstić information content (AvgIpc) is 3.23. The highest BCUT2D eigenvalue weighted by atomic mass is 32.1. The van der Waals surface area contributed by atoms with Gasteiger partial charge in [-0.1, -0.05) is 30.3 Å². The minimum Gasteiger partial charge on any atom is -0.391 e. The van der Waals surface area contributed by atoms with Crippen LogP contribution in [0.15, 0.2) is 48.0 Å². The van der Waals surface area contributed by atoms with Crippen LogP contribution in [0.3, 0.4) is 0 Å². The van der Waals surface area contributed by atoms with Gasteiger partial charge in [0.25, 0.3) is 0 Å². The summed E-state index contributed by atoms with van der Waals surface area (Å²) in [6.45, 7) is 0.692. The predicted octanol–water partition coefficient (Wildman–Crippen LogP) is 2.90. The van der Waals surface area contributed by atoms with Gasteiger partial charge in [0, 0.05) is 31.8 Å². The fourth-order valence-electron chi connectivity index (χ4n) is 3.33. The van der Waals surface area contributed by atoms with Gasteiger partial charge in [0.05, 0.1) is 17.0 Å². The van der Waals surface area contributed by atoms with Gasteiger partial charge in [0.1, 0.15) is 5.69 Å². The van der Waals surface area contributed by atoms with E-state index in [4.69, 9.17) is 0 Å². The number of fused-ring (bicyclic) bond motifs is 1. The SMILES string of the molecule is Cn1cc(CN[C@@H]2c3ccccc3C[C@@H]2O)c(-c2cccs2)n1. The highest BCUT2D eigenvalue weighted by Crippen LogP contribution is 2.32. The Kier molecular flexibility index (Phi) is 3.77. The number of rotatable bonds is 4. The number of hydrogen-bond donors (Lipinski definition) is 2. The predicted molar refractivity (Wildman–Crippen MR) is 92.3 cm³/mol. The van der Waals surface area contributed by atoms with Crippen LogP contribution in [-0.2, 0) is 20.0 Å². The number of nitrogens with zero attached hydrogens (tertiary/aromatic N) is 2. The van der Waals surface area contributed by atoms with Crippen LogP contribution in [0.25, 0.3) is 10.6 Å². The second-order valence-corrected chi connectivity index (χ2v) is 6.93. The lowest BCUT2D eigenvalue weighted by atomic mass is 10.1. The molecule has 3 aromatic rings. The lowest BCUT2D eigenvalue weighted by molar-refractivity contribution is 0.140. The Morgan fingerprint density at radius 1 is 1.30 bits per heavy atom. The lowest BCUT2D eigenvalue weighted by Crippen LogP contribution is -2.28. The number of benzene rings is 1. The average molecular weight is 325 g/mol. The Labute approximate surface area is 139 Å². The van der Waals surface area contributed by atoms with Crippen molar-refractivity contribution in [1.82, 2.24) is 15.1 Å². The first-order valence-corrected chi connectivity index (χ1v) is 8.66. The van der Waals surface area contributed by atoms with E-state index in [0.717, 1.165) is 17.7 Å². The van der Waals surface area contributed by atoms with Gasteiger partial charge >= 0.3 is 0 Å². The molecule has 2 atom stereocenters. The Hall–Kier alpha value is -1.95. The van der Waals surface area contributed by atoms with Crippen molar-refractivity contribution in [2.75, 3.05) is 0 Å². The Bertz CT molecular complexity index is 810. The van der Waals surface area contributed by atoms with Gasteiger partial charge < -0.3 is 10.4 Å². The van der Waals surface area contributed by atoms with Crippen molar-refractivity contribution in [3.05, 3.63) is 64.7 Å². The van der Waals surface area contributed by atoms with Gasteiger partial charge in [-0.25, -0.2) is 0 Å². The fraction of sp³-hybridized carbons (Fsp3) is 0.278. The summed E-state index contributed by atoms with van der Waals surface area (Å²) in [5.74, 6) is 0. The first-order chi connectivity index (χ1) is 11.2. The molecule has 0 fully saturated rings. The van der Waals surface area contributed by atoms with Crippen LogP contribution in [-0.4, -0.2) is 21.0 Å². The molecule has 4 rings (SSSR count). The molecule has 0 saturated carbocycles. The van der Waals surface area contributed by atoms with Crippen LogP contribution in [0.2, 0.25) is 0 Å². The van der Waals surface area contributed by atoms with E-state index < -0.39 is 0 Å². The van der Waals surface area contributed by atoms with Gasteiger partial charge in [0.15, 0.2) is 0 Å². The third-order valence-electron chi connectivity index (χ3n) is 4.38. The molecule has 0 unspecified atom stereocenters. The zero-order valence-corrected chi connectivity index (χ0v) is 13.8. The van der Waals surface area contributed by atoms with Crippen LogP contribution in [0.1, 0.15) is 22.7 Å².